The first-order chi connectivity index (χ1) is 9.78. The number of nitrogens with two attached hydrogens (primary N) is 1. The van der Waals surface area contributed by atoms with E-state index in [1.165, 1.54) is 5.56 Å². The standard InChI is InChI=1S/C16H13BrN2S/c17-13-8-4-7-12(9-13)16-19-14(10-18)15(20-16)11-5-2-1-3-6-11/h1-9H,10,18H2. The molecular weight excluding hydrogens is 332 g/mol. The highest BCUT2D eigenvalue weighted by molar-refractivity contribution is 9.10. The van der Waals surface area contributed by atoms with Gasteiger partial charge in [0, 0.05) is 16.6 Å². The number of aromatic nitrogens is 1. The minimum absolute atomic E-state index is 0.453. The minimum atomic E-state index is 0.453. The van der Waals surface area contributed by atoms with Crippen molar-refractivity contribution in [3.05, 3.63) is 64.8 Å². The van der Waals surface area contributed by atoms with Crippen molar-refractivity contribution in [3.8, 4) is 21.0 Å². The molecule has 1 aromatic heterocycles. The molecule has 4 heteroatoms. The van der Waals surface area contributed by atoms with Crippen molar-refractivity contribution in [1.82, 2.24) is 4.98 Å². The van der Waals surface area contributed by atoms with E-state index in [-0.39, 0.29) is 0 Å². The van der Waals surface area contributed by atoms with Crippen LogP contribution in [0.15, 0.2) is 59.1 Å². The largest absolute Gasteiger partial charge is 0.325 e. The molecule has 0 bridgehead atoms. The lowest BCUT2D eigenvalue weighted by atomic mass is 10.1. The maximum Gasteiger partial charge on any atom is 0.124 e. The van der Waals surface area contributed by atoms with Crippen molar-refractivity contribution in [2.24, 2.45) is 5.73 Å². The van der Waals surface area contributed by atoms with Crippen LogP contribution < -0.4 is 5.73 Å². The quantitative estimate of drug-likeness (QED) is 0.747. The normalized spacial score (nSPS) is 10.7. The Kier molecular flexibility index (Phi) is 3.96. The van der Waals surface area contributed by atoms with E-state index < -0.39 is 0 Å². The van der Waals surface area contributed by atoms with Crippen LogP contribution in [-0.4, -0.2) is 4.98 Å². The summed E-state index contributed by atoms with van der Waals surface area (Å²) in [6.45, 7) is 0.453. The summed E-state index contributed by atoms with van der Waals surface area (Å²) in [4.78, 5) is 5.84. The predicted molar refractivity (Wildman–Crippen MR) is 88.6 cm³/mol. The van der Waals surface area contributed by atoms with Crippen LogP contribution in [-0.2, 0) is 6.54 Å². The van der Waals surface area contributed by atoms with Gasteiger partial charge in [-0.3, -0.25) is 0 Å². The molecule has 20 heavy (non-hydrogen) atoms. The van der Waals surface area contributed by atoms with Gasteiger partial charge in [0.15, 0.2) is 0 Å². The van der Waals surface area contributed by atoms with Gasteiger partial charge in [-0.2, -0.15) is 0 Å². The van der Waals surface area contributed by atoms with Crippen molar-refractivity contribution >= 4 is 27.3 Å². The summed E-state index contributed by atoms with van der Waals surface area (Å²) in [7, 11) is 0. The molecule has 0 radical (unpaired) electrons. The Morgan fingerprint density at radius 2 is 1.75 bits per heavy atom. The van der Waals surface area contributed by atoms with Gasteiger partial charge >= 0.3 is 0 Å². The van der Waals surface area contributed by atoms with Gasteiger partial charge < -0.3 is 5.73 Å². The van der Waals surface area contributed by atoms with Gasteiger partial charge in [-0.1, -0.05) is 58.4 Å². The molecule has 0 aliphatic carbocycles. The maximum absolute atomic E-state index is 5.84. The van der Waals surface area contributed by atoms with Gasteiger partial charge in [0.1, 0.15) is 5.01 Å². The number of benzene rings is 2. The van der Waals surface area contributed by atoms with Crippen molar-refractivity contribution in [3.63, 3.8) is 0 Å². The first kappa shape index (κ1) is 13.5. The Bertz CT molecular complexity index is 722. The average molecular weight is 345 g/mol. The first-order valence-corrected chi connectivity index (χ1v) is 7.90. The van der Waals surface area contributed by atoms with Crippen molar-refractivity contribution in [2.45, 2.75) is 6.54 Å². The van der Waals surface area contributed by atoms with E-state index in [9.17, 15) is 0 Å². The van der Waals surface area contributed by atoms with Crippen LogP contribution in [0.4, 0.5) is 0 Å². The zero-order valence-electron chi connectivity index (χ0n) is 10.7. The molecule has 0 spiro atoms. The molecule has 0 aliphatic rings. The maximum atomic E-state index is 5.84. The molecule has 0 fully saturated rings. The third kappa shape index (κ3) is 2.68. The second-order valence-corrected chi connectivity index (χ2v) is 6.29. The van der Waals surface area contributed by atoms with Crippen LogP contribution in [0.25, 0.3) is 21.0 Å². The number of rotatable bonds is 3. The topological polar surface area (TPSA) is 38.9 Å². The molecule has 0 unspecified atom stereocenters. The molecule has 3 rings (SSSR count). The number of hydrogen-bond donors (Lipinski definition) is 1. The van der Waals surface area contributed by atoms with Crippen LogP contribution in [0.2, 0.25) is 0 Å². The minimum Gasteiger partial charge on any atom is -0.325 e. The number of halogens is 1. The second-order valence-electron chi connectivity index (χ2n) is 4.38. The van der Waals surface area contributed by atoms with Gasteiger partial charge in [0.25, 0.3) is 0 Å². The summed E-state index contributed by atoms with van der Waals surface area (Å²) >= 11 is 5.19. The second kappa shape index (κ2) is 5.87. The fourth-order valence-corrected chi connectivity index (χ4v) is 3.54. The fourth-order valence-electron chi connectivity index (χ4n) is 2.05. The lowest BCUT2D eigenvalue weighted by Gasteiger charge is -1.98. The Morgan fingerprint density at radius 3 is 2.45 bits per heavy atom. The molecular formula is C16H13BrN2S. The lowest BCUT2D eigenvalue weighted by Crippen LogP contribution is -1.98. The molecule has 100 valence electrons. The molecule has 2 N–H and O–H groups in total. The number of nitrogens with zero attached hydrogens (tertiary/aromatic N) is 1. The van der Waals surface area contributed by atoms with Crippen molar-refractivity contribution in [2.75, 3.05) is 0 Å². The third-order valence-electron chi connectivity index (χ3n) is 3.00. The zero-order valence-corrected chi connectivity index (χ0v) is 13.1. The van der Waals surface area contributed by atoms with E-state index in [1.54, 1.807) is 11.3 Å². The van der Waals surface area contributed by atoms with Crippen molar-refractivity contribution in [1.29, 1.82) is 0 Å². The van der Waals surface area contributed by atoms with Crippen LogP contribution in [0.5, 0.6) is 0 Å². The van der Waals surface area contributed by atoms with Gasteiger partial charge in [-0.15, -0.1) is 11.3 Å². The Hall–Kier alpha value is -1.49. The highest BCUT2D eigenvalue weighted by atomic mass is 79.9. The van der Waals surface area contributed by atoms with E-state index in [4.69, 9.17) is 5.73 Å². The molecule has 2 aromatic carbocycles. The highest BCUT2D eigenvalue weighted by Gasteiger charge is 2.13. The monoisotopic (exact) mass is 344 g/mol. The number of thiazole rings is 1. The predicted octanol–water partition coefficient (Wildman–Crippen LogP) is 4.70. The molecule has 0 atom stereocenters. The molecule has 0 saturated heterocycles. The molecule has 1 heterocycles. The summed E-state index contributed by atoms with van der Waals surface area (Å²) in [5, 5.41) is 1.01. The SMILES string of the molecule is NCc1nc(-c2cccc(Br)c2)sc1-c1ccccc1. The Morgan fingerprint density at radius 1 is 1.00 bits per heavy atom. The summed E-state index contributed by atoms with van der Waals surface area (Å²) in [5.41, 5.74) is 9.08. The van der Waals surface area contributed by atoms with Gasteiger partial charge in [0.2, 0.25) is 0 Å². The summed E-state index contributed by atoms with van der Waals surface area (Å²) in [6, 6.07) is 18.5. The third-order valence-corrected chi connectivity index (χ3v) is 4.69. The van der Waals surface area contributed by atoms with Crippen LogP contribution in [0, 0.1) is 0 Å². The van der Waals surface area contributed by atoms with Crippen LogP contribution in [0.1, 0.15) is 5.69 Å². The molecule has 2 nitrogen and oxygen atoms in total. The smallest absolute Gasteiger partial charge is 0.124 e. The van der Waals surface area contributed by atoms with Gasteiger partial charge in [0.05, 0.1) is 10.6 Å². The fraction of sp³-hybridized carbons (Fsp3) is 0.0625. The van der Waals surface area contributed by atoms with Gasteiger partial charge in [-0.25, -0.2) is 4.98 Å². The Labute approximate surface area is 130 Å². The molecule has 0 aliphatic heterocycles. The van der Waals surface area contributed by atoms with E-state index in [0.717, 1.165) is 25.6 Å². The average Bonchev–Trinajstić information content (AvgIpc) is 2.92. The van der Waals surface area contributed by atoms with E-state index >= 15 is 0 Å². The highest BCUT2D eigenvalue weighted by Crippen LogP contribution is 2.35. The molecule has 0 saturated carbocycles. The summed E-state index contributed by atoms with van der Waals surface area (Å²) in [6.07, 6.45) is 0. The van der Waals surface area contributed by atoms with E-state index in [0.29, 0.717) is 6.54 Å². The lowest BCUT2D eigenvalue weighted by molar-refractivity contribution is 1.02. The molecule has 3 aromatic rings. The van der Waals surface area contributed by atoms with Gasteiger partial charge in [-0.05, 0) is 17.7 Å². The zero-order chi connectivity index (χ0) is 13.9. The van der Waals surface area contributed by atoms with Crippen molar-refractivity contribution < 1.29 is 0 Å². The van der Waals surface area contributed by atoms with E-state index in [1.807, 2.05) is 30.3 Å². The Balaban J connectivity index is 2.10. The van der Waals surface area contributed by atoms with Crippen LogP contribution >= 0.6 is 27.3 Å². The summed E-state index contributed by atoms with van der Waals surface area (Å²) in [5.74, 6) is 0. The van der Waals surface area contributed by atoms with Crippen LogP contribution in [0.3, 0.4) is 0 Å². The summed E-state index contributed by atoms with van der Waals surface area (Å²) < 4.78 is 1.06. The molecule has 0 amide bonds. The first-order valence-electron chi connectivity index (χ1n) is 6.29. The number of hydrogen-bond acceptors (Lipinski definition) is 3. The van der Waals surface area contributed by atoms with E-state index in [2.05, 4.69) is 45.2 Å².